The summed E-state index contributed by atoms with van der Waals surface area (Å²) in [4.78, 5) is 11.2. The van der Waals surface area contributed by atoms with Gasteiger partial charge in [-0.05, 0) is 25.4 Å². The first-order valence-corrected chi connectivity index (χ1v) is 4.45. The molecule has 0 radical (unpaired) electrons. The van der Waals surface area contributed by atoms with Crippen LogP contribution in [0, 0.1) is 0 Å². The Labute approximate surface area is 82.7 Å². The summed E-state index contributed by atoms with van der Waals surface area (Å²) in [5.74, 6) is -0.743. The molecule has 1 atom stereocenters. The third-order valence-corrected chi connectivity index (χ3v) is 2.27. The third-order valence-electron chi connectivity index (χ3n) is 1.93. The van der Waals surface area contributed by atoms with Gasteiger partial charge in [-0.1, -0.05) is 6.08 Å². The zero-order valence-corrected chi connectivity index (χ0v) is 8.56. The number of hydrogen-bond donors (Lipinski definition) is 0. The average Bonchev–Trinajstić information content (AvgIpc) is 2.28. The first-order chi connectivity index (χ1) is 5.92. The van der Waals surface area contributed by atoms with Gasteiger partial charge in [-0.25, -0.2) is 0 Å². The SMILES string of the molecule is C=CC[C@@]1(C(=O)Cl)COC(C)(C)O1. The molecule has 0 amide bonds. The number of carbonyl (C=O) groups is 1. The van der Waals surface area contributed by atoms with Crippen LogP contribution in [0.4, 0.5) is 0 Å². The van der Waals surface area contributed by atoms with Crippen molar-refractivity contribution in [1.82, 2.24) is 0 Å². The molecular formula is C9H13ClO3. The Bertz CT molecular complexity index is 237. The van der Waals surface area contributed by atoms with E-state index in [4.69, 9.17) is 21.1 Å². The molecule has 3 nitrogen and oxygen atoms in total. The predicted octanol–water partition coefficient (Wildman–Crippen LogP) is 1.85. The molecule has 1 fully saturated rings. The molecule has 1 rings (SSSR count). The predicted molar refractivity (Wildman–Crippen MR) is 49.5 cm³/mol. The van der Waals surface area contributed by atoms with Crippen LogP contribution in [0.2, 0.25) is 0 Å². The molecule has 0 saturated carbocycles. The van der Waals surface area contributed by atoms with Gasteiger partial charge in [0.25, 0.3) is 5.24 Å². The summed E-state index contributed by atoms with van der Waals surface area (Å²) in [5.41, 5.74) is -1.03. The molecule has 0 bridgehead atoms. The van der Waals surface area contributed by atoms with Gasteiger partial charge in [0, 0.05) is 6.42 Å². The fourth-order valence-corrected chi connectivity index (χ4v) is 1.50. The Kier molecular flexibility index (Phi) is 2.80. The van der Waals surface area contributed by atoms with Crippen molar-refractivity contribution in [2.24, 2.45) is 0 Å². The van der Waals surface area contributed by atoms with E-state index < -0.39 is 16.6 Å². The van der Waals surface area contributed by atoms with E-state index in [0.717, 1.165) is 0 Å². The van der Waals surface area contributed by atoms with Crippen LogP contribution < -0.4 is 0 Å². The summed E-state index contributed by atoms with van der Waals surface area (Å²) in [6, 6.07) is 0. The van der Waals surface area contributed by atoms with E-state index in [1.807, 2.05) is 0 Å². The molecule has 0 unspecified atom stereocenters. The standard InChI is InChI=1S/C9H13ClO3/c1-4-5-9(7(10)11)6-12-8(2,3)13-9/h4H,1,5-6H2,2-3H3/t9-/m0/s1. The van der Waals surface area contributed by atoms with Gasteiger partial charge in [0.1, 0.15) is 0 Å². The van der Waals surface area contributed by atoms with Crippen LogP contribution >= 0.6 is 11.6 Å². The summed E-state index contributed by atoms with van der Waals surface area (Å²) < 4.78 is 10.8. The zero-order valence-electron chi connectivity index (χ0n) is 7.80. The molecule has 4 heteroatoms. The molecule has 0 aromatic carbocycles. The lowest BCUT2D eigenvalue weighted by Crippen LogP contribution is -2.39. The Balaban J connectivity index is 2.83. The smallest absolute Gasteiger partial charge is 0.256 e. The quantitative estimate of drug-likeness (QED) is 0.520. The second-order valence-corrected chi connectivity index (χ2v) is 3.89. The maximum Gasteiger partial charge on any atom is 0.256 e. The van der Waals surface area contributed by atoms with Crippen molar-refractivity contribution in [3.8, 4) is 0 Å². The molecule has 0 aliphatic carbocycles. The molecule has 13 heavy (non-hydrogen) atoms. The van der Waals surface area contributed by atoms with Crippen molar-refractivity contribution >= 4 is 16.8 Å². The van der Waals surface area contributed by atoms with Crippen LogP contribution in [0.25, 0.3) is 0 Å². The van der Waals surface area contributed by atoms with E-state index >= 15 is 0 Å². The highest BCUT2D eigenvalue weighted by molar-refractivity contribution is 6.65. The molecule has 0 aromatic heterocycles. The van der Waals surface area contributed by atoms with Crippen molar-refractivity contribution in [3.63, 3.8) is 0 Å². The highest BCUT2D eigenvalue weighted by atomic mass is 35.5. The molecule has 1 heterocycles. The lowest BCUT2D eigenvalue weighted by atomic mass is 10.0. The summed E-state index contributed by atoms with van der Waals surface area (Å²) >= 11 is 5.46. The number of rotatable bonds is 3. The minimum Gasteiger partial charge on any atom is -0.347 e. The molecule has 0 N–H and O–H groups in total. The Morgan fingerprint density at radius 2 is 2.31 bits per heavy atom. The van der Waals surface area contributed by atoms with Crippen LogP contribution in [0.15, 0.2) is 12.7 Å². The molecule has 1 aliphatic heterocycles. The van der Waals surface area contributed by atoms with Gasteiger partial charge in [0.15, 0.2) is 11.4 Å². The van der Waals surface area contributed by atoms with Gasteiger partial charge in [0.05, 0.1) is 6.61 Å². The highest BCUT2D eigenvalue weighted by Crippen LogP contribution is 2.35. The van der Waals surface area contributed by atoms with Crippen LogP contribution in [-0.4, -0.2) is 23.2 Å². The first-order valence-electron chi connectivity index (χ1n) is 4.07. The number of halogens is 1. The van der Waals surface area contributed by atoms with Crippen molar-refractivity contribution < 1.29 is 14.3 Å². The van der Waals surface area contributed by atoms with Crippen LogP contribution in [0.5, 0.6) is 0 Å². The average molecular weight is 205 g/mol. The van der Waals surface area contributed by atoms with Gasteiger partial charge in [-0.15, -0.1) is 6.58 Å². The van der Waals surface area contributed by atoms with Gasteiger partial charge < -0.3 is 9.47 Å². The van der Waals surface area contributed by atoms with Crippen LogP contribution in [0.3, 0.4) is 0 Å². The Morgan fingerprint density at radius 3 is 2.62 bits per heavy atom. The molecule has 0 spiro atoms. The second-order valence-electron chi connectivity index (χ2n) is 3.55. The summed E-state index contributed by atoms with van der Waals surface area (Å²) in [7, 11) is 0. The Hall–Kier alpha value is -0.380. The van der Waals surface area contributed by atoms with E-state index in [2.05, 4.69) is 6.58 Å². The summed E-state index contributed by atoms with van der Waals surface area (Å²) in [5, 5.41) is -0.530. The van der Waals surface area contributed by atoms with E-state index in [1.165, 1.54) is 0 Å². The lowest BCUT2D eigenvalue weighted by molar-refractivity contribution is -0.166. The lowest BCUT2D eigenvalue weighted by Gasteiger charge is -2.23. The van der Waals surface area contributed by atoms with Gasteiger partial charge in [-0.2, -0.15) is 0 Å². The maximum atomic E-state index is 11.2. The van der Waals surface area contributed by atoms with E-state index in [1.54, 1.807) is 19.9 Å². The number of ether oxygens (including phenoxy) is 2. The second kappa shape index (κ2) is 3.40. The summed E-state index contributed by atoms with van der Waals surface area (Å²) in [6.45, 7) is 7.24. The van der Waals surface area contributed by atoms with Crippen LogP contribution in [-0.2, 0) is 14.3 Å². The molecular weight excluding hydrogens is 192 g/mol. The van der Waals surface area contributed by atoms with Crippen molar-refractivity contribution in [2.75, 3.05) is 6.61 Å². The fourth-order valence-electron chi connectivity index (χ4n) is 1.33. The normalized spacial score (nSPS) is 31.6. The van der Waals surface area contributed by atoms with Crippen molar-refractivity contribution in [3.05, 3.63) is 12.7 Å². The zero-order chi connectivity index (χ0) is 10.1. The van der Waals surface area contributed by atoms with Gasteiger partial charge >= 0.3 is 0 Å². The highest BCUT2D eigenvalue weighted by Gasteiger charge is 2.49. The summed E-state index contributed by atoms with van der Waals surface area (Å²) in [6.07, 6.45) is 1.98. The van der Waals surface area contributed by atoms with E-state index in [-0.39, 0.29) is 6.61 Å². The molecule has 1 saturated heterocycles. The van der Waals surface area contributed by atoms with Crippen LogP contribution in [0.1, 0.15) is 20.3 Å². The monoisotopic (exact) mass is 204 g/mol. The minimum absolute atomic E-state index is 0.189. The van der Waals surface area contributed by atoms with Crippen molar-refractivity contribution in [2.45, 2.75) is 31.7 Å². The number of carbonyl (C=O) groups excluding carboxylic acids is 1. The topological polar surface area (TPSA) is 35.5 Å². The first kappa shape index (κ1) is 10.7. The Morgan fingerprint density at radius 1 is 1.69 bits per heavy atom. The van der Waals surface area contributed by atoms with Crippen molar-refractivity contribution in [1.29, 1.82) is 0 Å². The number of hydrogen-bond acceptors (Lipinski definition) is 3. The fraction of sp³-hybridized carbons (Fsp3) is 0.667. The third kappa shape index (κ3) is 2.10. The molecule has 1 aliphatic rings. The maximum absolute atomic E-state index is 11.2. The van der Waals surface area contributed by atoms with Gasteiger partial charge in [-0.3, -0.25) is 4.79 Å². The van der Waals surface area contributed by atoms with E-state index in [0.29, 0.717) is 6.42 Å². The van der Waals surface area contributed by atoms with E-state index in [9.17, 15) is 4.79 Å². The molecule has 74 valence electrons. The van der Waals surface area contributed by atoms with Gasteiger partial charge in [0.2, 0.25) is 0 Å². The minimum atomic E-state index is -1.03. The molecule has 0 aromatic rings. The largest absolute Gasteiger partial charge is 0.347 e.